The molecule has 62 valence electrons. The summed E-state index contributed by atoms with van der Waals surface area (Å²) < 4.78 is 48.2. The summed E-state index contributed by atoms with van der Waals surface area (Å²) in [6.45, 7) is 1.72. The minimum Gasteiger partial charge on any atom is -0.244 e. The van der Waals surface area contributed by atoms with Gasteiger partial charge >= 0.3 is 0 Å². The lowest BCUT2D eigenvalue weighted by molar-refractivity contribution is 0.0453. The number of rotatable bonds is 3. The van der Waals surface area contributed by atoms with E-state index < -0.39 is 24.7 Å². The zero-order chi connectivity index (χ0) is 8.31. The minimum atomic E-state index is -2.35. The van der Waals surface area contributed by atoms with Crippen LogP contribution in [0.4, 0.5) is 17.6 Å². The highest BCUT2D eigenvalue weighted by Crippen LogP contribution is 2.16. The van der Waals surface area contributed by atoms with Gasteiger partial charge in [0.1, 0.15) is 12.3 Å². The maximum absolute atomic E-state index is 12.2. The molecule has 0 rings (SSSR count). The van der Waals surface area contributed by atoms with Crippen molar-refractivity contribution in [3.05, 3.63) is 0 Å². The van der Waals surface area contributed by atoms with Crippen molar-refractivity contribution in [2.75, 3.05) is 0 Å². The van der Waals surface area contributed by atoms with E-state index in [2.05, 4.69) is 0 Å². The molecule has 0 aromatic heterocycles. The van der Waals surface area contributed by atoms with E-state index in [9.17, 15) is 17.6 Å². The van der Waals surface area contributed by atoms with Crippen molar-refractivity contribution < 1.29 is 17.6 Å². The molecule has 0 aliphatic rings. The first-order chi connectivity index (χ1) is 4.46. The van der Waals surface area contributed by atoms with E-state index >= 15 is 0 Å². The second-order valence-electron chi connectivity index (χ2n) is 2.24. The van der Waals surface area contributed by atoms with Crippen molar-refractivity contribution in [3.63, 3.8) is 0 Å². The van der Waals surface area contributed by atoms with Gasteiger partial charge in [0, 0.05) is 0 Å². The Hall–Kier alpha value is -0.280. The second kappa shape index (κ2) is 3.78. The van der Waals surface area contributed by atoms with Gasteiger partial charge in [0.05, 0.1) is 0 Å². The summed E-state index contributed by atoms with van der Waals surface area (Å²) in [6.07, 6.45) is -8.60. The first-order valence-corrected chi connectivity index (χ1v) is 3.03. The lowest BCUT2D eigenvalue weighted by atomic mass is 10.1. The van der Waals surface area contributed by atoms with Crippen LogP contribution in [-0.2, 0) is 0 Å². The van der Waals surface area contributed by atoms with Crippen LogP contribution in [0.15, 0.2) is 0 Å². The molecule has 0 bridgehead atoms. The molecule has 4 heteroatoms. The largest absolute Gasteiger partial charge is 0.244 e. The molecule has 0 nitrogen and oxygen atoms in total. The Morgan fingerprint density at radius 3 is 1.00 bits per heavy atom. The molecule has 10 heavy (non-hydrogen) atoms. The summed E-state index contributed by atoms with van der Waals surface area (Å²) >= 11 is 0. The Bertz CT molecular complexity index is 79.7. The molecule has 0 aliphatic heterocycles. The Morgan fingerprint density at radius 2 is 0.900 bits per heavy atom. The van der Waals surface area contributed by atoms with Gasteiger partial charge < -0.3 is 0 Å². The van der Waals surface area contributed by atoms with E-state index in [0.29, 0.717) is 0 Å². The molecule has 4 atom stereocenters. The minimum absolute atomic E-state index is 0.861. The molecular formula is C6H10F4. The van der Waals surface area contributed by atoms with E-state index in [1.165, 1.54) is 0 Å². The highest BCUT2D eigenvalue weighted by molar-refractivity contribution is 4.77. The molecule has 0 aromatic carbocycles. The Kier molecular flexibility index (Phi) is 3.68. The lowest BCUT2D eigenvalue weighted by Crippen LogP contribution is -2.32. The van der Waals surface area contributed by atoms with Crippen LogP contribution in [0.5, 0.6) is 0 Å². The fourth-order valence-corrected chi connectivity index (χ4v) is 0.507. The van der Waals surface area contributed by atoms with Crippen LogP contribution < -0.4 is 0 Å². The molecule has 0 saturated carbocycles. The predicted octanol–water partition coefficient (Wildman–Crippen LogP) is 2.38. The first-order valence-electron chi connectivity index (χ1n) is 3.03. The van der Waals surface area contributed by atoms with Crippen molar-refractivity contribution in [2.45, 2.75) is 38.5 Å². The van der Waals surface area contributed by atoms with Crippen LogP contribution >= 0.6 is 0 Å². The molecule has 0 fully saturated rings. The molecular weight excluding hydrogens is 148 g/mol. The highest BCUT2D eigenvalue weighted by Gasteiger charge is 2.31. The Balaban J connectivity index is 3.81. The maximum Gasteiger partial charge on any atom is 0.165 e. The van der Waals surface area contributed by atoms with Gasteiger partial charge in [0.25, 0.3) is 0 Å². The van der Waals surface area contributed by atoms with E-state index in [1.54, 1.807) is 0 Å². The number of halogens is 4. The molecule has 0 N–H and O–H groups in total. The van der Waals surface area contributed by atoms with E-state index in [1.807, 2.05) is 0 Å². The van der Waals surface area contributed by atoms with Crippen LogP contribution in [-0.4, -0.2) is 24.7 Å². The highest BCUT2D eigenvalue weighted by atomic mass is 19.2. The normalized spacial score (nSPS) is 23.4. The molecule has 0 unspecified atom stereocenters. The third kappa shape index (κ3) is 2.54. The summed E-state index contributed by atoms with van der Waals surface area (Å²) in [5.74, 6) is 0. The van der Waals surface area contributed by atoms with Crippen LogP contribution in [0.1, 0.15) is 13.8 Å². The summed E-state index contributed by atoms with van der Waals surface area (Å²) in [7, 11) is 0. The number of hydrogen-bond donors (Lipinski definition) is 0. The monoisotopic (exact) mass is 158 g/mol. The third-order valence-electron chi connectivity index (χ3n) is 1.18. The quantitative estimate of drug-likeness (QED) is 0.553. The molecule has 0 amide bonds. The van der Waals surface area contributed by atoms with Gasteiger partial charge in [-0.1, -0.05) is 0 Å². The zero-order valence-corrected chi connectivity index (χ0v) is 5.82. The Morgan fingerprint density at radius 1 is 0.700 bits per heavy atom. The van der Waals surface area contributed by atoms with Crippen LogP contribution in [0.25, 0.3) is 0 Å². The van der Waals surface area contributed by atoms with Crippen molar-refractivity contribution >= 4 is 0 Å². The second-order valence-corrected chi connectivity index (χ2v) is 2.24. The standard InChI is InChI=1S/C6H10F4/c1-3(7)5(9)6(10)4(2)8/h3-6H,1-2H3/t3-,4-,5-,6-/m1/s1. The Labute approximate surface area is 57.2 Å². The summed E-state index contributed by atoms with van der Waals surface area (Å²) in [5.41, 5.74) is 0. The van der Waals surface area contributed by atoms with Crippen molar-refractivity contribution in [1.82, 2.24) is 0 Å². The number of alkyl halides is 4. The summed E-state index contributed by atoms with van der Waals surface area (Å²) in [5, 5.41) is 0. The van der Waals surface area contributed by atoms with Gasteiger partial charge in [-0.05, 0) is 13.8 Å². The molecule has 0 aromatic rings. The zero-order valence-electron chi connectivity index (χ0n) is 5.82. The lowest BCUT2D eigenvalue weighted by Gasteiger charge is -2.14. The molecule has 0 spiro atoms. The first kappa shape index (κ1) is 9.72. The number of hydrogen-bond acceptors (Lipinski definition) is 0. The van der Waals surface area contributed by atoms with E-state index in [0.717, 1.165) is 13.8 Å². The van der Waals surface area contributed by atoms with Gasteiger partial charge in [-0.3, -0.25) is 0 Å². The van der Waals surface area contributed by atoms with E-state index in [4.69, 9.17) is 0 Å². The van der Waals surface area contributed by atoms with Gasteiger partial charge in [-0.2, -0.15) is 0 Å². The average Bonchev–Trinajstić information content (AvgIpc) is 1.84. The van der Waals surface area contributed by atoms with Crippen LogP contribution in [0.3, 0.4) is 0 Å². The van der Waals surface area contributed by atoms with Crippen molar-refractivity contribution in [1.29, 1.82) is 0 Å². The smallest absolute Gasteiger partial charge is 0.165 e. The maximum atomic E-state index is 12.2. The third-order valence-corrected chi connectivity index (χ3v) is 1.18. The fourth-order valence-electron chi connectivity index (χ4n) is 0.507. The van der Waals surface area contributed by atoms with Crippen molar-refractivity contribution in [2.24, 2.45) is 0 Å². The van der Waals surface area contributed by atoms with Crippen LogP contribution in [0.2, 0.25) is 0 Å². The summed E-state index contributed by atoms with van der Waals surface area (Å²) in [6, 6.07) is 0. The molecule has 0 saturated heterocycles. The predicted molar refractivity (Wildman–Crippen MR) is 30.9 cm³/mol. The van der Waals surface area contributed by atoms with Gasteiger partial charge in [0.15, 0.2) is 12.3 Å². The van der Waals surface area contributed by atoms with Gasteiger partial charge in [0.2, 0.25) is 0 Å². The molecule has 0 heterocycles. The van der Waals surface area contributed by atoms with E-state index in [-0.39, 0.29) is 0 Å². The van der Waals surface area contributed by atoms with Crippen LogP contribution in [0, 0.1) is 0 Å². The van der Waals surface area contributed by atoms with Gasteiger partial charge in [-0.25, -0.2) is 17.6 Å². The van der Waals surface area contributed by atoms with Crippen molar-refractivity contribution in [3.8, 4) is 0 Å². The fraction of sp³-hybridized carbons (Fsp3) is 1.00. The van der Waals surface area contributed by atoms with Gasteiger partial charge in [-0.15, -0.1) is 0 Å². The average molecular weight is 158 g/mol. The summed E-state index contributed by atoms with van der Waals surface area (Å²) in [4.78, 5) is 0. The molecule has 0 radical (unpaired) electrons. The topological polar surface area (TPSA) is 0 Å². The SMILES string of the molecule is C[C@@H](F)[C@@H](F)[C@H](F)[C@@H](C)F. The molecule has 0 aliphatic carbocycles.